The molecule has 0 aliphatic carbocycles. The average molecular weight is 558 g/mol. The Labute approximate surface area is 194 Å². The van der Waals surface area contributed by atoms with Crippen LogP contribution in [0.25, 0.3) is 0 Å². The van der Waals surface area contributed by atoms with E-state index in [1.807, 2.05) is 19.9 Å². The van der Waals surface area contributed by atoms with Crippen molar-refractivity contribution in [3.05, 3.63) is 33.6 Å². The second-order valence-corrected chi connectivity index (χ2v) is 7.74. The largest absolute Gasteiger partial charge is 0.434 e. The normalized spacial score (nSPS) is 15.9. The monoisotopic (exact) mass is 558 g/mol. The zero-order chi connectivity index (χ0) is 20.9. The van der Waals surface area contributed by atoms with Gasteiger partial charge in [0.2, 0.25) is 0 Å². The highest BCUT2D eigenvalue weighted by atomic mass is 127. The molecule has 1 aliphatic rings. The molecule has 1 aliphatic heterocycles. The van der Waals surface area contributed by atoms with Gasteiger partial charge < -0.3 is 14.7 Å². The summed E-state index contributed by atoms with van der Waals surface area (Å²) in [7, 11) is 0. The number of alkyl halides is 3. The quantitative estimate of drug-likeness (QED) is 0.333. The van der Waals surface area contributed by atoms with Gasteiger partial charge in [-0.05, 0) is 13.8 Å². The molecule has 2 aromatic rings. The van der Waals surface area contributed by atoms with E-state index in [0.29, 0.717) is 18.0 Å². The summed E-state index contributed by atoms with van der Waals surface area (Å²) in [4.78, 5) is 12.7. The maximum absolute atomic E-state index is 12.7. The van der Waals surface area contributed by atoms with Gasteiger partial charge in [0.15, 0.2) is 11.7 Å². The van der Waals surface area contributed by atoms with Crippen LogP contribution in [-0.4, -0.2) is 65.2 Å². The van der Waals surface area contributed by atoms with Gasteiger partial charge in [-0.3, -0.25) is 9.89 Å². The van der Waals surface area contributed by atoms with Crippen molar-refractivity contribution in [1.82, 2.24) is 25.3 Å². The molecule has 0 saturated carbocycles. The number of aliphatic imine (C=N–C) groups is 1. The zero-order valence-electron chi connectivity index (χ0n) is 16.9. The minimum Gasteiger partial charge on any atom is -0.361 e. The molecule has 168 valence electrons. The number of aromatic nitrogens is 2. The van der Waals surface area contributed by atoms with Crippen molar-refractivity contribution in [2.45, 2.75) is 33.0 Å². The van der Waals surface area contributed by atoms with Crippen LogP contribution in [0.1, 0.15) is 29.1 Å². The summed E-state index contributed by atoms with van der Waals surface area (Å²) in [6.07, 6.45) is -4.00. The van der Waals surface area contributed by atoms with Crippen molar-refractivity contribution in [3.63, 3.8) is 0 Å². The van der Waals surface area contributed by atoms with Gasteiger partial charge in [0.25, 0.3) is 0 Å². The van der Waals surface area contributed by atoms with Crippen LogP contribution >= 0.6 is 35.3 Å². The Balaban J connectivity index is 0.00000320. The first-order valence-electron chi connectivity index (χ1n) is 9.54. The summed E-state index contributed by atoms with van der Waals surface area (Å²) in [6.45, 7) is 9.13. The number of nitrogens with one attached hydrogen (secondary N) is 1. The van der Waals surface area contributed by atoms with Crippen molar-refractivity contribution >= 4 is 41.3 Å². The lowest BCUT2D eigenvalue weighted by Crippen LogP contribution is -2.52. The van der Waals surface area contributed by atoms with Crippen LogP contribution in [0.2, 0.25) is 0 Å². The fraction of sp³-hybridized carbons (Fsp3) is 0.611. The molecule has 0 spiro atoms. The summed E-state index contributed by atoms with van der Waals surface area (Å²) >= 11 is 1.03. The summed E-state index contributed by atoms with van der Waals surface area (Å²) in [5.41, 5.74) is 0.102. The van der Waals surface area contributed by atoms with Gasteiger partial charge in [0.05, 0.1) is 10.7 Å². The molecule has 1 N–H and O–H groups in total. The van der Waals surface area contributed by atoms with E-state index in [2.05, 4.69) is 30.2 Å². The molecule has 30 heavy (non-hydrogen) atoms. The van der Waals surface area contributed by atoms with E-state index in [1.165, 1.54) is 0 Å². The first-order chi connectivity index (χ1) is 13.8. The third kappa shape index (κ3) is 7.08. The Bertz CT molecular complexity index is 817. The summed E-state index contributed by atoms with van der Waals surface area (Å²) in [5, 5.41) is 8.81. The number of thiazole rings is 1. The van der Waals surface area contributed by atoms with Crippen molar-refractivity contribution in [3.8, 4) is 0 Å². The van der Waals surface area contributed by atoms with Crippen LogP contribution in [0.5, 0.6) is 0 Å². The highest BCUT2D eigenvalue weighted by molar-refractivity contribution is 14.0. The molecule has 3 heterocycles. The van der Waals surface area contributed by atoms with Crippen LogP contribution in [0.15, 0.2) is 21.0 Å². The van der Waals surface area contributed by atoms with Crippen LogP contribution in [-0.2, 0) is 19.1 Å². The molecule has 1 fully saturated rings. The molecular formula is C18H26F3IN6OS. The number of piperazine rings is 1. The number of nitrogens with zero attached hydrogens (tertiary/aromatic N) is 5. The molecule has 1 saturated heterocycles. The minimum atomic E-state index is -4.39. The van der Waals surface area contributed by atoms with E-state index in [-0.39, 0.29) is 24.0 Å². The molecule has 0 bridgehead atoms. The molecule has 0 radical (unpaired) electrons. The number of guanidine groups is 1. The van der Waals surface area contributed by atoms with Crippen molar-refractivity contribution < 1.29 is 17.7 Å². The zero-order valence-corrected chi connectivity index (χ0v) is 20.1. The minimum absolute atomic E-state index is 0. The van der Waals surface area contributed by atoms with E-state index >= 15 is 0 Å². The molecule has 7 nitrogen and oxygen atoms in total. The van der Waals surface area contributed by atoms with E-state index in [4.69, 9.17) is 4.52 Å². The maximum atomic E-state index is 12.7. The Morgan fingerprint density at radius 2 is 2.03 bits per heavy atom. The molecule has 0 atom stereocenters. The number of aryl methyl sites for hydroxylation is 1. The fourth-order valence-electron chi connectivity index (χ4n) is 3.08. The molecule has 0 unspecified atom stereocenters. The Morgan fingerprint density at radius 1 is 1.30 bits per heavy atom. The van der Waals surface area contributed by atoms with Gasteiger partial charge in [0, 0.05) is 63.7 Å². The molecule has 0 amide bonds. The lowest BCUT2D eigenvalue weighted by Gasteiger charge is -2.36. The third-order valence-electron chi connectivity index (χ3n) is 4.50. The predicted octanol–water partition coefficient (Wildman–Crippen LogP) is 3.40. The highest BCUT2D eigenvalue weighted by Crippen LogP contribution is 2.30. The fourth-order valence-corrected chi connectivity index (χ4v) is 3.87. The van der Waals surface area contributed by atoms with Crippen molar-refractivity contribution in [2.75, 3.05) is 39.3 Å². The van der Waals surface area contributed by atoms with Crippen LogP contribution in [0, 0.1) is 6.92 Å². The van der Waals surface area contributed by atoms with Gasteiger partial charge in [-0.25, -0.2) is 4.98 Å². The highest BCUT2D eigenvalue weighted by Gasteiger charge is 2.33. The number of halogens is 4. The summed E-state index contributed by atoms with van der Waals surface area (Å²) < 4.78 is 43.1. The van der Waals surface area contributed by atoms with Gasteiger partial charge >= 0.3 is 6.18 Å². The summed E-state index contributed by atoms with van der Waals surface area (Å²) in [6, 6.07) is 1.95. The molecule has 12 heteroatoms. The van der Waals surface area contributed by atoms with Crippen LogP contribution in [0.3, 0.4) is 0 Å². The lowest BCUT2D eigenvalue weighted by molar-refractivity contribution is -0.140. The third-order valence-corrected chi connectivity index (χ3v) is 5.41. The first-order valence-corrected chi connectivity index (χ1v) is 10.4. The van der Waals surface area contributed by atoms with Crippen LogP contribution in [0.4, 0.5) is 13.2 Å². The van der Waals surface area contributed by atoms with Crippen molar-refractivity contribution in [1.29, 1.82) is 0 Å². The van der Waals surface area contributed by atoms with Gasteiger partial charge in [-0.15, -0.1) is 35.3 Å². The van der Waals surface area contributed by atoms with Gasteiger partial charge in [-0.2, -0.15) is 13.2 Å². The average Bonchev–Trinajstić information content (AvgIpc) is 3.31. The summed E-state index contributed by atoms with van der Waals surface area (Å²) in [5.74, 6) is 1.60. The van der Waals surface area contributed by atoms with E-state index in [1.54, 1.807) is 0 Å². The molecule has 2 aromatic heterocycles. The lowest BCUT2D eigenvalue weighted by atomic mass is 10.3. The second kappa shape index (κ2) is 11.3. The van der Waals surface area contributed by atoms with Gasteiger partial charge in [0.1, 0.15) is 5.76 Å². The van der Waals surface area contributed by atoms with E-state index in [9.17, 15) is 13.2 Å². The Kier molecular flexibility index (Phi) is 9.34. The number of rotatable bonds is 6. The standard InChI is InChI=1S/C18H25F3N6OS.HI/c1-3-22-17(23-5-4-16-24-15(12-29-16)18(19,20)21)27-8-6-26(7-9-27)11-14-10-13(2)28-25-14;/h10,12H,3-9,11H2,1-2H3,(H,22,23);1H. The molecule has 3 rings (SSSR count). The SMILES string of the molecule is CCNC(=NCCc1nc(C(F)(F)F)cs1)N1CCN(Cc2cc(C)on2)CC1.I. The first kappa shape index (κ1) is 24.9. The van der Waals surface area contributed by atoms with Gasteiger partial charge in [-0.1, -0.05) is 5.16 Å². The van der Waals surface area contributed by atoms with E-state index in [0.717, 1.165) is 73.4 Å². The number of hydrogen-bond acceptors (Lipinski definition) is 6. The molecular weight excluding hydrogens is 532 g/mol. The maximum Gasteiger partial charge on any atom is 0.434 e. The Morgan fingerprint density at radius 3 is 2.60 bits per heavy atom. The predicted molar refractivity (Wildman–Crippen MR) is 120 cm³/mol. The van der Waals surface area contributed by atoms with Crippen molar-refractivity contribution in [2.24, 2.45) is 4.99 Å². The smallest absolute Gasteiger partial charge is 0.361 e. The van der Waals surface area contributed by atoms with Crippen LogP contribution < -0.4 is 5.32 Å². The topological polar surface area (TPSA) is 69.8 Å². The second-order valence-electron chi connectivity index (χ2n) is 6.80. The van der Waals surface area contributed by atoms with E-state index < -0.39 is 11.9 Å². The Hall–Kier alpha value is -1.41. The molecule has 0 aromatic carbocycles. The number of hydrogen-bond donors (Lipinski definition) is 1.